The minimum atomic E-state index is -0.474. The highest BCUT2D eigenvalue weighted by molar-refractivity contribution is 5.92. The van der Waals surface area contributed by atoms with Gasteiger partial charge in [0, 0.05) is 58.7 Å². The van der Waals surface area contributed by atoms with E-state index in [1.54, 1.807) is 7.05 Å². The van der Waals surface area contributed by atoms with Gasteiger partial charge in [-0.25, -0.2) is 9.78 Å². The summed E-state index contributed by atoms with van der Waals surface area (Å²) in [6, 6.07) is 1.74. The van der Waals surface area contributed by atoms with Crippen LogP contribution in [0.5, 0.6) is 0 Å². The fraction of sp³-hybridized carbons (Fsp3) is 0.619. The van der Waals surface area contributed by atoms with Gasteiger partial charge in [0.05, 0.1) is 6.54 Å². The molecule has 9 nitrogen and oxygen atoms in total. The maximum absolute atomic E-state index is 13.1. The lowest BCUT2D eigenvalue weighted by atomic mass is 9.88. The third-order valence-corrected chi connectivity index (χ3v) is 7.01. The smallest absolute Gasteiger partial charge is 0.331 e. The normalized spacial score (nSPS) is 23.8. The Hall–Kier alpha value is -2.68. The van der Waals surface area contributed by atoms with Crippen molar-refractivity contribution in [2.24, 2.45) is 33.0 Å². The maximum atomic E-state index is 13.1. The molecule has 3 atom stereocenters. The van der Waals surface area contributed by atoms with Crippen molar-refractivity contribution >= 4 is 5.91 Å². The van der Waals surface area contributed by atoms with Crippen LogP contribution in [0.1, 0.15) is 35.6 Å². The van der Waals surface area contributed by atoms with E-state index in [4.69, 9.17) is 0 Å². The molecule has 2 aliphatic rings. The summed E-state index contributed by atoms with van der Waals surface area (Å²) in [5, 5.41) is 0. The second kappa shape index (κ2) is 7.86. The van der Waals surface area contributed by atoms with Crippen LogP contribution in [0.25, 0.3) is 0 Å². The van der Waals surface area contributed by atoms with Crippen molar-refractivity contribution in [2.75, 3.05) is 20.1 Å². The van der Waals surface area contributed by atoms with E-state index in [2.05, 4.69) is 16.9 Å². The molecule has 3 heterocycles. The molecule has 9 heteroatoms. The Morgan fingerprint density at radius 1 is 1.17 bits per heavy atom. The van der Waals surface area contributed by atoms with Crippen molar-refractivity contribution in [3.8, 4) is 0 Å². The molecule has 2 aromatic rings. The number of carbonyl (C=O) groups excluding carboxylic acids is 1. The second-order valence-corrected chi connectivity index (χ2v) is 8.82. The number of likely N-dealkylation sites (tertiary alicyclic amines) is 1. The zero-order valence-corrected chi connectivity index (χ0v) is 18.1. The number of fused-ring (bicyclic) bond motifs is 1. The number of carbonyl (C=O) groups is 1. The van der Waals surface area contributed by atoms with Gasteiger partial charge in [-0.3, -0.25) is 23.6 Å². The molecule has 0 aromatic carbocycles. The van der Waals surface area contributed by atoms with Crippen LogP contribution in [0.15, 0.2) is 28.0 Å². The molecular formula is C21H30N6O3. The number of rotatable bonds is 4. The monoisotopic (exact) mass is 414 g/mol. The summed E-state index contributed by atoms with van der Waals surface area (Å²) >= 11 is 0. The first-order valence-corrected chi connectivity index (χ1v) is 10.5. The molecule has 162 valence electrons. The predicted molar refractivity (Wildman–Crippen MR) is 112 cm³/mol. The third-order valence-electron chi connectivity index (χ3n) is 7.01. The van der Waals surface area contributed by atoms with Crippen molar-refractivity contribution in [2.45, 2.75) is 31.8 Å². The van der Waals surface area contributed by atoms with Gasteiger partial charge in [-0.1, -0.05) is 0 Å². The Balaban J connectivity index is 1.44. The van der Waals surface area contributed by atoms with E-state index in [0.717, 1.165) is 36.2 Å². The number of imidazole rings is 1. The molecule has 4 rings (SSSR count). The van der Waals surface area contributed by atoms with Crippen molar-refractivity contribution in [3.63, 3.8) is 0 Å². The van der Waals surface area contributed by atoms with Gasteiger partial charge in [0.2, 0.25) is 0 Å². The molecule has 0 N–H and O–H groups in total. The van der Waals surface area contributed by atoms with Crippen molar-refractivity contribution in [1.29, 1.82) is 0 Å². The number of piperidine rings is 1. The number of aromatic nitrogens is 4. The molecule has 30 heavy (non-hydrogen) atoms. The predicted octanol–water partition coefficient (Wildman–Crippen LogP) is 0.190. The summed E-state index contributed by atoms with van der Waals surface area (Å²) in [6.45, 7) is 2.16. The van der Waals surface area contributed by atoms with E-state index in [1.165, 1.54) is 17.7 Å². The molecule has 0 bridgehead atoms. The summed E-state index contributed by atoms with van der Waals surface area (Å²) in [6.07, 6.45) is 6.93. The molecule has 1 saturated heterocycles. The van der Waals surface area contributed by atoms with Crippen LogP contribution in [0.2, 0.25) is 0 Å². The summed E-state index contributed by atoms with van der Waals surface area (Å²) in [5.41, 5.74) is -0.756. The largest absolute Gasteiger partial charge is 0.337 e. The zero-order valence-electron chi connectivity index (χ0n) is 18.1. The molecule has 0 spiro atoms. The van der Waals surface area contributed by atoms with Gasteiger partial charge in [0.25, 0.3) is 11.5 Å². The van der Waals surface area contributed by atoms with Crippen molar-refractivity contribution < 1.29 is 4.79 Å². The van der Waals surface area contributed by atoms with E-state index in [-0.39, 0.29) is 11.6 Å². The highest BCUT2D eigenvalue weighted by atomic mass is 16.2. The molecule has 1 aliphatic carbocycles. The fourth-order valence-corrected chi connectivity index (χ4v) is 5.00. The summed E-state index contributed by atoms with van der Waals surface area (Å²) in [5.74, 6) is 1.88. The van der Waals surface area contributed by atoms with Crippen LogP contribution in [-0.4, -0.2) is 60.6 Å². The van der Waals surface area contributed by atoms with Crippen LogP contribution in [0.3, 0.4) is 0 Å². The lowest BCUT2D eigenvalue weighted by Gasteiger charge is -2.35. The Bertz CT molecular complexity index is 1070. The number of aryl methyl sites for hydroxylation is 1. The van der Waals surface area contributed by atoms with Gasteiger partial charge >= 0.3 is 5.69 Å². The standard InChI is InChI=1S/C21H30N6O3/c1-23-8-6-22-18(23)13-24(2)16-9-14-5-7-27(12-15(14)10-16)20(29)17-11-19(28)26(4)21(30)25(17)3/h6,8,11,14-16H,5,7,9-10,12-13H2,1-4H3/t14-,15-,16+/m1/s1. The van der Waals surface area contributed by atoms with E-state index < -0.39 is 11.2 Å². The molecule has 1 aliphatic heterocycles. The summed E-state index contributed by atoms with van der Waals surface area (Å²) in [4.78, 5) is 45.9. The SMILES string of the molecule is CN(Cc1nccn1C)[C@H]1C[C@H]2CCN(C(=O)c3cc(=O)n(C)c(=O)n3C)C[C@H]2C1. The highest BCUT2D eigenvalue weighted by Gasteiger charge is 2.41. The zero-order chi connectivity index (χ0) is 21.6. The van der Waals surface area contributed by atoms with E-state index in [0.29, 0.717) is 31.0 Å². The second-order valence-electron chi connectivity index (χ2n) is 8.82. The van der Waals surface area contributed by atoms with Gasteiger partial charge in [-0.15, -0.1) is 0 Å². The first-order chi connectivity index (χ1) is 14.3. The third kappa shape index (κ3) is 3.62. The Labute approximate surface area is 175 Å². The van der Waals surface area contributed by atoms with Crippen molar-refractivity contribution in [3.05, 3.63) is 50.8 Å². The van der Waals surface area contributed by atoms with Gasteiger partial charge in [0.1, 0.15) is 11.5 Å². The van der Waals surface area contributed by atoms with Gasteiger partial charge in [-0.05, 0) is 38.1 Å². The molecule has 0 unspecified atom stereocenters. The molecule has 2 fully saturated rings. The average molecular weight is 415 g/mol. The number of amides is 1. The number of hydrogen-bond donors (Lipinski definition) is 0. The summed E-state index contributed by atoms with van der Waals surface area (Å²) < 4.78 is 4.34. The molecular weight excluding hydrogens is 384 g/mol. The lowest BCUT2D eigenvalue weighted by Crippen LogP contribution is -2.46. The average Bonchev–Trinajstić information content (AvgIpc) is 3.34. The highest BCUT2D eigenvalue weighted by Crippen LogP contribution is 2.40. The van der Waals surface area contributed by atoms with Gasteiger partial charge in [0.15, 0.2) is 0 Å². The molecule has 1 saturated carbocycles. The van der Waals surface area contributed by atoms with E-state index >= 15 is 0 Å². The van der Waals surface area contributed by atoms with Gasteiger partial charge in [-0.2, -0.15) is 0 Å². The van der Waals surface area contributed by atoms with E-state index in [9.17, 15) is 14.4 Å². The minimum absolute atomic E-state index is 0.169. The first kappa shape index (κ1) is 20.6. The number of nitrogens with zero attached hydrogens (tertiary/aromatic N) is 6. The Morgan fingerprint density at radius 3 is 2.60 bits per heavy atom. The van der Waals surface area contributed by atoms with E-state index in [1.807, 2.05) is 28.9 Å². The Kier molecular flexibility index (Phi) is 5.40. The minimum Gasteiger partial charge on any atom is -0.337 e. The van der Waals surface area contributed by atoms with Crippen LogP contribution < -0.4 is 11.2 Å². The van der Waals surface area contributed by atoms with Crippen LogP contribution in [0.4, 0.5) is 0 Å². The molecule has 2 aromatic heterocycles. The van der Waals surface area contributed by atoms with Crippen LogP contribution in [0, 0.1) is 11.8 Å². The maximum Gasteiger partial charge on any atom is 0.331 e. The first-order valence-electron chi connectivity index (χ1n) is 10.5. The summed E-state index contributed by atoms with van der Waals surface area (Å²) in [7, 11) is 7.12. The van der Waals surface area contributed by atoms with Crippen LogP contribution in [-0.2, 0) is 27.7 Å². The fourth-order valence-electron chi connectivity index (χ4n) is 5.00. The number of hydrogen-bond acceptors (Lipinski definition) is 5. The van der Waals surface area contributed by atoms with Crippen molar-refractivity contribution in [1.82, 2.24) is 28.5 Å². The topological polar surface area (TPSA) is 85.4 Å². The van der Waals surface area contributed by atoms with Gasteiger partial charge < -0.3 is 9.47 Å². The van der Waals surface area contributed by atoms with Crippen LogP contribution >= 0.6 is 0 Å². The molecule has 0 radical (unpaired) electrons. The quantitative estimate of drug-likeness (QED) is 0.713. The molecule has 1 amide bonds. The lowest BCUT2D eigenvalue weighted by molar-refractivity contribution is 0.0615. The Morgan fingerprint density at radius 2 is 1.90 bits per heavy atom.